The number of benzene rings is 2. The Morgan fingerprint density at radius 2 is 1.86 bits per heavy atom. The van der Waals surface area contributed by atoms with Crippen LogP contribution in [0.25, 0.3) is 0 Å². The SMILES string of the molecule is C[C@@H]1CCCCN1CCCNC(=O)c1ccc(NC(=O)c2nnc(COc3ccccc3)s2)cc1. The zero-order valence-electron chi connectivity index (χ0n) is 19.9. The van der Waals surface area contributed by atoms with Crippen LogP contribution in [0, 0.1) is 0 Å². The highest BCUT2D eigenvalue weighted by Gasteiger charge is 2.17. The molecule has 0 saturated carbocycles. The van der Waals surface area contributed by atoms with Crippen LogP contribution in [0.3, 0.4) is 0 Å². The molecular weight excluding hydrogens is 462 g/mol. The van der Waals surface area contributed by atoms with E-state index in [1.54, 1.807) is 24.3 Å². The number of hydrogen-bond acceptors (Lipinski definition) is 7. The van der Waals surface area contributed by atoms with Crippen LogP contribution < -0.4 is 15.4 Å². The predicted molar refractivity (Wildman–Crippen MR) is 137 cm³/mol. The molecule has 2 aromatic carbocycles. The molecule has 1 atom stereocenters. The molecule has 1 saturated heterocycles. The summed E-state index contributed by atoms with van der Waals surface area (Å²) >= 11 is 1.18. The van der Waals surface area contributed by atoms with Crippen LogP contribution in [-0.2, 0) is 6.61 Å². The van der Waals surface area contributed by atoms with E-state index in [1.165, 1.54) is 30.6 Å². The summed E-state index contributed by atoms with van der Waals surface area (Å²) in [5.74, 6) is 0.272. The molecular formula is C26H31N5O3S. The number of likely N-dealkylation sites (tertiary alicyclic amines) is 1. The van der Waals surface area contributed by atoms with Gasteiger partial charge in [0.15, 0.2) is 5.01 Å². The van der Waals surface area contributed by atoms with Gasteiger partial charge in [-0.2, -0.15) is 0 Å². The lowest BCUT2D eigenvalue weighted by Gasteiger charge is -2.33. The Balaban J connectivity index is 1.20. The first kappa shape index (κ1) is 24.8. The fraction of sp³-hybridized carbons (Fsp3) is 0.385. The third kappa shape index (κ3) is 7.34. The lowest BCUT2D eigenvalue weighted by Crippen LogP contribution is -2.39. The molecule has 8 nitrogen and oxygen atoms in total. The molecule has 0 aliphatic carbocycles. The third-order valence-electron chi connectivity index (χ3n) is 6.02. The fourth-order valence-electron chi connectivity index (χ4n) is 4.03. The van der Waals surface area contributed by atoms with Crippen LogP contribution in [0.1, 0.15) is 57.8 Å². The van der Waals surface area contributed by atoms with E-state index < -0.39 is 0 Å². The van der Waals surface area contributed by atoms with E-state index in [-0.39, 0.29) is 23.4 Å². The molecule has 9 heteroatoms. The Bertz CT molecular complexity index is 1100. The van der Waals surface area contributed by atoms with Crippen molar-refractivity contribution in [3.05, 3.63) is 70.2 Å². The number of rotatable bonds is 10. The van der Waals surface area contributed by atoms with Crippen LogP contribution in [0.5, 0.6) is 5.75 Å². The number of nitrogens with zero attached hydrogens (tertiary/aromatic N) is 3. The van der Waals surface area contributed by atoms with Crippen molar-refractivity contribution in [3.8, 4) is 5.75 Å². The number of carbonyl (C=O) groups excluding carboxylic acids is 2. The molecule has 3 aromatic rings. The van der Waals surface area contributed by atoms with Gasteiger partial charge in [-0.25, -0.2) is 0 Å². The van der Waals surface area contributed by atoms with Crippen molar-refractivity contribution in [2.45, 2.75) is 45.3 Å². The third-order valence-corrected chi connectivity index (χ3v) is 6.92. The maximum absolute atomic E-state index is 12.5. The van der Waals surface area contributed by atoms with Gasteiger partial charge in [0.1, 0.15) is 12.4 Å². The molecule has 0 bridgehead atoms. The van der Waals surface area contributed by atoms with Gasteiger partial charge in [-0.3, -0.25) is 9.59 Å². The van der Waals surface area contributed by atoms with E-state index in [9.17, 15) is 9.59 Å². The summed E-state index contributed by atoms with van der Waals surface area (Å²) in [5, 5.41) is 14.6. The first-order valence-electron chi connectivity index (χ1n) is 12.0. The van der Waals surface area contributed by atoms with Crippen molar-refractivity contribution >= 4 is 28.8 Å². The quantitative estimate of drug-likeness (QED) is 0.407. The highest BCUT2D eigenvalue weighted by atomic mass is 32.1. The monoisotopic (exact) mass is 493 g/mol. The summed E-state index contributed by atoms with van der Waals surface area (Å²) in [6.07, 6.45) is 4.78. The topological polar surface area (TPSA) is 96.5 Å². The van der Waals surface area contributed by atoms with E-state index in [1.807, 2.05) is 30.3 Å². The second-order valence-corrected chi connectivity index (χ2v) is 9.69. The molecule has 1 fully saturated rings. The second-order valence-electron chi connectivity index (χ2n) is 8.62. The molecule has 35 heavy (non-hydrogen) atoms. The van der Waals surface area contributed by atoms with Gasteiger partial charge in [0.2, 0.25) is 5.01 Å². The number of nitrogens with one attached hydrogen (secondary N) is 2. The maximum Gasteiger partial charge on any atom is 0.286 e. The van der Waals surface area contributed by atoms with Crippen LogP contribution in [0.2, 0.25) is 0 Å². The Morgan fingerprint density at radius 1 is 1.06 bits per heavy atom. The molecule has 184 valence electrons. The molecule has 1 aliphatic heterocycles. The van der Waals surface area contributed by atoms with Crippen molar-refractivity contribution in [2.24, 2.45) is 0 Å². The molecule has 2 amide bonds. The molecule has 2 heterocycles. The van der Waals surface area contributed by atoms with E-state index in [2.05, 4.69) is 32.7 Å². The number of hydrogen-bond donors (Lipinski definition) is 2. The fourth-order valence-corrected chi connectivity index (χ4v) is 4.68. The van der Waals surface area contributed by atoms with Crippen LogP contribution in [0.15, 0.2) is 54.6 Å². The molecule has 4 rings (SSSR count). The Kier molecular flexibility index (Phi) is 8.80. The van der Waals surface area contributed by atoms with Crippen LogP contribution in [0.4, 0.5) is 5.69 Å². The highest BCUT2D eigenvalue weighted by molar-refractivity contribution is 7.13. The number of piperidine rings is 1. The largest absolute Gasteiger partial charge is 0.486 e. The number of para-hydroxylation sites is 1. The maximum atomic E-state index is 12.5. The van der Waals surface area contributed by atoms with E-state index >= 15 is 0 Å². The molecule has 0 radical (unpaired) electrons. The van der Waals surface area contributed by atoms with Crippen molar-refractivity contribution in [1.29, 1.82) is 0 Å². The summed E-state index contributed by atoms with van der Waals surface area (Å²) < 4.78 is 5.65. The van der Waals surface area contributed by atoms with Gasteiger partial charge >= 0.3 is 0 Å². The number of ether oxygens (including phenoxy) is 1. The Morgan fingerprint density at radius 3 is 2.63 bits per heavy atom. The number of anilines is 1. The summed E-state index contributed by atoms with van der Waals surface area (Å²) in [7, 11) is 0. The summed E-state index contributed by atoms with van der Waals surface area (Å²) in [6.45, 7) is 5.34. The minimum absolute atomic E-state index is 0.109. The lowest BCUT2D eigenvalue weighted by atomic mass is 10.0. The zero-order chi connectivity index (χ0) is 24.5. The Labute approximate surface area is 209 Å². The molecule has 1 aliphatic rings. The average molecular weight is 494 g/mol. The summed E-state index contributed by atoms with van der Waals surface area (Å²) in [4.78, 5) is 27.5. The number of aromatic nitrogens is 2. The van der Waals surface area contributed by atoms with Crippen molar-refractivity contribution < 1.29 is 14.3 Å². The van der Waals surface area contributed by atoms with Crippen molar-refractivity contribution in [2.75, 3.05) is 25.0 Å². The van der Waals surface area contributed by atoms with Gasteiger partial charge in [-0.05, 0) is 69.1 Å². The average Bonchev–Trinajstić information content (AvgIpc) is 3.37. The van der Waals surface area contributed by atoms with E-state index in [4.69, 9.17) is 4.74 Å². The summed E-state index contributed by atoms with van der Waals surface area (Å²) in [5.41, 5.74) is 1.15. The number of carbonyl (C=O) groups is 2. The standard InChI is InChI=1S/C26H31N5O3S/c1-19-8-5-6-16-31(19)17-7-15-27-24(32)20-11-13-21(14-12-20)28-25(33)26-30-29-23(35-26)18-34-22-9-3-2-4-10-22/h2-4,9-14,19H,5-8,15-18H2,1H3,(H,27,32)(H,28,33)/t19-/m1/s1. The van der Waals surface area contributed by atoms with E-state index in [0.29, 0.717) is 28.8 Å². The zero-order valence-corrected chi connectivity index (χ0v) is 20.7. The highest BCUT2D eigenvalue weighted by Crippen LogP contribution is 2.18. The number of amides is 2. The summed E-state index contributed by atoms with van der Waals surface area (Å²) in [6, 6.07) is 16.9. The first-order valence-corrected chi connectivity index (χ1v) is 12.8. The second kappa shape index (κ2) is 12.4. The molecule has 0 spiro atoms. The van der Waals surface area contributed by atoms with Crippen LogP contribution >= 0.6 is 11.3 Å². The smallest absolute Gasteiger partial charge is 0.286 e. The van der Waals surface area contributed by atoms with E-state index in [0.717, 1.165) is 25.3 Å². The molecule has 1 aromatic heterocycles. The predicted octanol–water partition coefficient (Wildman–Crippen LogP) is 4.36. The minimum Gasteiger partial charge on any atom is -0.486 e. The van der Waals surface area contributed by atoms with Gasteiger partial charge in [0.25, 0.3) is 11.8 Å². The minimum atomic E-state index is -0.349. The first-order chi connectivity index (χ1) is 17.1. The Hall–Kier alpha value is -3.30. The normalized spacial score (nSPS) is 16.0. The van der Waals surface area contributed by atoms with Gasteiger partial charge < -0.3 is 20.3 Å². The van der Waals surface area contributed by atoms with Crippen molar-refractivity contribution in [1.82, 2.24) is 20.4 Å². The molecule has 2 N–H and O–H groups in total. The van der Waals surface area contributed by atoms with Crippen LogP contribution in [-0.4, -0.2) is 52.6 Å². The van der Waals surface area contributed by atoms with Gasteiger partial charge in [0.05, 0.1) is 0 Å². The van der Waals surface area contributed by atoms with Gasteiger partial charge in [0, 0.05) is 30.4 Å². The molecule has 0 unspecified atom stereocenters. The van der Waals surface area contributed by atoms with Gasteiger partial charge in [-0.1, -0.05) is 36.0 Å². The van der Waals surface area contributed by atoms with Gasteiger partial charge in [-0.15, -0.1) is 10.2 Å². The lowest BCUT2D eigenvalue weighted by molar-refractivity contribution is 0.0948. The van der Waals surface area contributed by atoms with Crippen molar-refractivity contribution in [3.63, 3.8) is 0 Å².